The Bertz CT molecular complexity index is 1750. The smallest absolute Gasteiger partial charge is 0.338 e. The lowest BCUT2D eigenvalue weighted by molar-refractivity contribution is -0.139. The van der Waals surface area contributed by atoms with E-state index in [1.807, 2.05) is 50.2 Å². The van der Waals surface area contributed by atoms with Gasteiger partial charge >= 0.3 is 5.97 Å². The lowest BCUT2D eigenvalue weighted by Crippen LogP contribution is -2.30. The van der Waals surface area contributed by atoms with Crippen molar-refractivity contribution in [2.75, 3.05) is 19.0 Å². The molecule has 1 aliphatic rings. The van der Waals surface area contributed by atoms with Crippen molar-refractivity contribution in [2.45, 2.75) is 70.0 Å². The standard InChI is InChI=1S/C35H38BrClN4O4S/c1-7-16-44-32(42)29-21(2)38-33-39-34(46-20-23-10-8-9-11-27(23)37)40-41(33)30(29)24-17-26(36)31(28(18-24)43-6)45-19-22-12-14-25(15-13-22)35(3,4)5/h8-15,17-18,30H,7,16,19-20H2,1-6H3,(H,38,39,40). The van der Waals surface area contributed by atoms with Crippen LogP contribution in [0.2, 0.25) is 5.02 Å². The van der Waals surface area contributed by atoms with Crippen LogP contribution in [0.1, 0.15) is 69.3 Å². The maximum Gasteiger partial charge on any atom is 0.338 e. The van der Waals surface area contributed by atoms with Crippen LogP contribution < -0.4 is 14.8 Å². The molecule has 1 unspecified atom stereocenters. The van der Waals surface area contributed by atoms with Crippen molar-refractivity contribution in [3.8, 4) is 11.5 Å². The number of benzene rings is 3. The minimum atomic E-state index is -0.632. The summed E-state index contributed by atoms with van der Waals surface area (Å²) in [5.41, 5.74) is 5.19. The molecule has 11 heteroatoms. The molecule has 3 aromatic carbocycles. The van der Waals surface area contributed by atoms with E-state index in [4.69, 9.17) is 35.9 Å². The van der Waals surface area contributed by atoms with Gasteiger partial charge in [-0.3, -0.25) is 0 Å². The first-order valence-electron chi connectivity index (χ1n) is 15.1. The Morgan fingerprint density at radius 2 is 1.87 bits per heavy atom. The van der Waals surface area contributed by atoms with Crippen molar-refractivity contribution >= 4 is 51.2 Å². The highest BCUT2D eigenvalue weighted by Gasteiger charge is 2.36. The summed E-state index contributed by atoms with van der Waals surface area (Å²) in [6.45, 7) is 11.1. The van der Waals surface area contributed by atoms with Gasteiger partial charge in [-0.1, -0.05) is 93.5 Å². The van der Waals surface area contributed by atoms with Gasteiger partial charge in [0.15, 0.2) is 11.5 Å². The predicted octanol–water partition coefficient (Wildman–Crippen LogP) is 9.11. The van der Waals surface area contributed by atoms with E-state index in [2.05, 4.69) is 66.3 Å². The molecule has 5 rings (SSSR count). The number of aromatic nitrogens is 3. The maximum atomic E-state index is 13.5. The van der Waals surface area contributed by atoms with E-state index in [1.54, 1.807) is 11.8 Å². The summed E-state index contributed by atoms with van der Waals surface area (Å²) < 4.78 is 20.1. The van der Waals surface area contributed by atoms with Gasteiger partial charge in [-0.05, 0) is 75.1 Å². The zero-order valence-electron chi connectivity index (χ0n) is 26.8. The molecular weight excluding hydrogens is 688 g/mol. The number of nitrogens with zero attached hydrogens (tertiary/aromatic N) is 3. The van der Waals surface area contributed by atoms with Gasteiger partial charge in [-0.25, -0.2) is 9.48 Å². The van der Waals surface area contributed by atoms with E-state index in [-0.39, 0.29) is 5.41 Å². The van der Waals surface area contributed by atoms with Gasteiger partial charge in [0.05, 0.1) is 23.8 Å². The second-order valence-corrected chi connectivity index (χ2v) is 14.2. The topological polar surface area (TPSA) is 87.5 Å². The van der Waals surface area contributed by atoms with Crippen LogP contribution in [0, 0.1) is 0 Å². The number of nitrogens with one attached hydrogen (secondary N) is 1. The molecule has 0 bridgehead atoms. The summed E-state index contributed by atoms with van der Waals surface area (Å²) in [6, 6.07) is 19.3. The SMILES string of the molecule is CCCOC(=O)C1=C(C)Nc2nc(SCc3ccccc3Cl)nn2C1c1cc(Br)c(OCc2ccc(C(C)(C)C)cc2)c(OC)c1. The van der Waals surface area contributed by atoms with Crippen LogP contribution in [0.5, 0.6) is 11.5 Å². The van der Waals surface area contributed by atoms with Gasteiger partial charge in [-0.2, -0.15) is 4.98 Å². The summed E-state index contributed by atoms with van der Waals surface area (Å²) in [5, 5.41) is 9.34. The van der Waals surface area contributed by atoms with Crippen molar-refractivity contribution in [1.29, 1.82) is 0 Å². The fourth-order valence-electron chi connectivity index (χ4n) is 5.09. The Balaban J connectivity index is 1.48. The molecular formula is C35H38BrClN4O4S. The average molecular weight is 726 g/mol. The summed E-state index contributed by atoms with van der Waals surface area (Å²) in [7, 11) is 1.60. The van der Waals surface area contributed by atoms with Crippen LogP contribution in [0.4, 0.5) is 5.95 Å². The molecule has 1 atom stereocenters. The van der Waals surface area contributed by atoms with E-state index in [0.717, 1.165) is 16.7 Å². The third kappa shape index (κ3) is 7.56. The largest absolute Gasteiger partial charge is 0.493 e. The number of ether oxygens (including phenoxy) is 3. The predicted molar refractivity (Wildman–Crippen MR) is 187 cm³/mol. The minimum absolute atomic E-state index is 0.0732. The van der Waals surface area contributed by atoms with Gasteiger partial charge in [0.1, 0.15) is 12.6 Å². The van der Waals surface area contributed by atoms with Crippen molar-refractivity contribution in [3.63, 3.8) is 0 Å². The van der Waals surface area contributed by atoms with Gasteiger partial charge in [0.25, 0.3) is 0 Å². The first-order chi connectivity index (χ1) is 22.0. The Hall–Kier alpha value is -3.47. The van der Waals surface area contributed by atoms with Gasteiger partial charge in [0, 0.05) is 16.5 Å². The number of fused-ring (bicyclic) bond motifs is 1. The number of hydrogen-bond donors (Lipinski definition) is 1. The first kappa shape index (κ1) is 33.9. The average Bonchev–Trinajstić information content (AvgIpc) is 3.43. The zero-order chi connectivity index (χ0) is 33.0. The van der Waals surface area contributed by atoms with Crippen LogP contribution in [0.15, 0.2) is 81.6 Å². The van der Waals surface area contributed by atoms with Crippen molar-refractivity contribution in [3.05, 3.63) is 104 Å². The molecule has 46 heavy (non-hydrogen) atoms. The second-order valence-electron chi connectivity index (χ2n) is 12.0. The number of thioether (sulfide) groups is 1. The quantitative estimate of drug-likeness (QED) is 0.121. The Morgan fingerprint density at radius 1 is 1.13 bits per heavy atom. The number of halogens is 2. The van der Waals surface area contributed by atoms with Gasteiger partial charge < -0.3 is 19.5 Å². The lowest BCUT2D eigenvalue weighted by Gasteiger charge is -2.29. The van der Waals surface area contributed by atoms with E-state index < -0.39 is 12.0 Å². The number of carbonyl (C=O) groups excluding carboxylic acids is 1. The fraction of sp³-hybridized carbons (Fsp3) is 0.343. The zero-order valence-corrected chi connectivity index (χ0v) is 30.0. The van der Waals surface area contributed by atoms with E-state index >= 15 is 0 Å². The van der Waals surface area contributed by atoms with E-state index in [0.29, 0.717) is 68.8 Å². The van der Waals surface area contributed by atoms with Crippen LogP contribution >= 0.6 is 39.3 Å². The molecule has 0 saturated heterocycles. The monoisotopic (exact) mass is 724 g/mol. The third-order valence-electron chi connectivity index (χ3n) is 7.58. The molecule has 242 valence electrons. The molecule has 1 aliphatic heterocycles. The Kier molecular flexibility index (Phi) is 10.7. The molecule has 4 aromatic rings. The molecule has 1 aromatic heterocycles. The third-order valence-corrected chi connectivity index (χ3v) is 9.42. The number of anilines is 1. The number of carbonyl (C=O) groups is 1. The Morgan fingerprint density at radius 3 is 2.54 bits per heavy atom. The maximum absolute atomic E-state index is 13.5. The van der Waals surface area contributed by atoms with Crippen LogP contribution in [0.3, 0.4) is 0 Å². The Labute approximate surface area is 288 Å². The van der Waals surface area contributed by atoms with Crippen molar-refractivity contribution < 1.29 is 19.0 Å². The summed E-state index contributed by atoms with van der Waals surface area (Å²) in [6.07, 6.45) is 0.706. The first-order valence-corrected chi connectivity index (χ1v) is 17.2. The number of rotatable bonds is 11. The highest BCUT2D eigenvalue weighted by molar-refractivity contribution is 9.10. The molecule has 0 amide bonds. The van der Waals surface area contributed by atoms with Crippen molar-refractivity contribution in [2.24, 2.45) is 0 Å². The number of esters is 1. The summed E-state index contributed by atoms with van der Waals surface area (Å²) in [5.74, 6) is 1.77. The van der Waals surface area contributed by atoms with E-state index in [1.165, 1.54) is 17.3 Å². The number of allylic oxidation sites excluding steroid dienone is 1. The molecule has 1 N–H and O–H groups in total. The molecule has 0 fully saturated rings. The molecule has 0 spiro atoms. The van der Waals surface area contributed by atoms with E-state index in [9.17, 15) is 4.79 Å². The number of hydrogen-bond acceptors (Lipinski definition) is 8. The highest BCUT2D eigenvalue weighted by Crippen LogP contribution is 2.44. The second kappa shape index (κ2) is 14.5. The van der Waals surface area contributed by atoms with Crippen LogP contribution in [0.25, 0.3) is 0 Å². The summed E-state index contributed by atoms with van der Waals surface area (Å²) in [4.78, 5) is 18.2. The molecule has 8 nitrogen and oxygen atoms in total. The molecule has 0 saturated carbocycles. The lowest BCUT2D eigenvalue weighted by atomic mass is 9.87. The summed E-state index contributed by atoms with van der Waals surface area (Å²) >= 11 is 11.6. The molecule has 0 aliphatic carbocycles. The number of methoxy groups -OCH3 is 1. The minimum Gasteiger partial charge on any atom is -0.493 e. The van der Waals surface area contributed by atoms with Crippen LogP contribution in [-0.4, -0.2) is 34.5 Å². The van der Waals surface area contributed by atoms with Crippen molar-refractivity contribution in [1.82, 2.24) is 14.8 Å². The molecule has 0 radical (unpaired) electrons. The normalized spacial score (nSPS) is 14.5. The fourth-order valence-corrected chi connectivity index (χ4v) is 6.78. The molecule has 2 heterocycles. The van der Waals surface area contributed by atoms with Crippen LogP contribution in [-0.2, 0) is 27.3 Å². The highest BCUT2D eigenvalue weighted by atomic mass is 79.9. The van der Waals surface area contributed by atoms with Gasteiger partial charge in [0.2, 0.25) is 11.1 Å². The van der Waals surface area contributed by atoms with Gasteiger partial charge in [-0.15, -0.1) is 5.10 Å².